The molecule has 33 heavy (non-hydrogen) atoms. The summed E-state index contributed by atoms with van der Waals surface area (Å²) in [7, 11) is -1.32. The first-order valence-corrected chi connectivity index (χ1v) is 11.6. The molecule has 1 aromatic carbocycles. The van der Waals surface area contributed by atoms with Crippen molar-refractivity contribution in [3.63, 3.8) is 0 Å². The van der Waals surface area contributed by atoms with Gasteiger partial charge in [0.2, 0.25) is 5.88 Å². The third-order valence-electron chi connectivity index (χ3n) is 5.26. The zero-order valence-electron chi connectivity index (χ0n) is 18.1. The number of methoxy groups -OCH3 is 2. The van der Waals surface area contributed by atoms with Gasteiger partial charge in [-0.3, -0.25) is 9.40 Å². The maximum Gasteiger partial charge on any atom is 0.270 e. The van der Waals surface area contributed by atoms with Crippen LogP contribution in [0.5, 0.6) is 17.4 Å². The van der Waals surface area contributed by atoms with Gasteiger partial charge in [0.25, 0.3) is 10.0 Å². The molecule has 4 heterocycles. The molecule has 4 aromatic rings. The zero-order chi connectivity index (χ0) is 23.2. The van der Waals surface area contributed by atoms with Crippen molar-refractivity contribution in [2.45, 2.75) is 30.9 Å². The van der Waals surface area contributed by atoms with Crippen LogP contribution in [0.25, 0.3) is 11.0 Å². The number of sulfonamides is 1. The average Bonchev–Trinajstić information content (AvgIpc) is 3.52. The van der Waals surface area contributed by atoms with E-state index < -0.39 is 10.0 Å². The average molecular weight is 471 g/mol. The SMILES string of the molecule is COc1ccc2c(c1S(=O)(=O)Nc1noc3cc(Cn4cccn4)nc(OC)c13)OC(C)C2. The van der Waals surface area contributed by atoms with E-state index in [0.717, 1.165) is 5.56 Å². The minimum absolute atomic E-state index is 0.0503. The fraction of sp³-hybridized carbons (Fsp3) is 0.286. The van der Waals surface area contributed by atoms with E-state index in [0.29, 0.717) is 29.6 Å². The van der Waals surface area contributed by atoms with Gasteiger partial charge >= 0.3 is 0 Å². The van der Waals surface area contributed by atoms with E-state index in [-0.39, 0.29) is 34.2 Å². The molecular weight excluding hydrogens is 450 g/mol. The van der Waals surface area contributed by atoms with Gasteiger partial charge in [0, 0.05) is 24.9 Å². The first kappa shape index (κ1) is 21.1. The third-order valence-corrected chi connectivity index (χ3v) is 6.64. The van der Waals surface area contributed by atoms with E-state index in [2.05, 4.69) is 20.0 Å². The number of rotatable bonds is 7. The molecule has 5 rings (SSSR count). The highest BCUT2D eigenvalue weighted by molar-refractivity contribution is 7.93. The lowest BCUT2D eigenvalue weighted by Crippen LogP contribution is -2.16. The number of benzene rings is 1. The van der Waals surface area contributed by atoms with Gasteiger partial charge in [0.15, 0.2) is 16.3 Å². The van der Waals surface area contributed by atoms with Crippen LogP contribution in [0.2, 0.25) is 0 Å². The highest BCUT2D eigenvalue weighted by Crippen LogP contribution is 2.42. The molecule has 3 aromatic heterocycles. The molecule has 0 spiro atoms. The standard InChI is InChI=1S/C21H21N5O6S/c1-12-9-13-5-6-15(29-2)19(18(13)31-12)33(27,28)25-20-17-16(32-24-20)10-14(23-21(17)30-3)11-26-8-4-7-22-26/h4-8,10,12H,9,11H2,1-3H3,(H,24,25). The van der Waals surface area contributed by atoms with Gasteiger partial charge in [-0.1, -0.05) is 11.2 Å². The molecule has 0 radical (unpaired) electrons. The van der Waals surface area contributed by atoms with Crippen molar-refractivity contribution < 1.29 is 27.2 Å². The molecule has 0 saturated heterocycles. The third kappa shape index (κ3) is 3.71. The summed E-state index contributed by atoms with van der Waals surface area (Å²) in [6, 6.07) is 6.88. The fourth-order valence-electron chi connectivity index (χ4n) is 3.86. The largest absolute Gasteiger partial charge is 0.495 e. The second-order valence-electron chi connectivity index (χ2n) is 7.55. The van der Waals surface area contributed by atoms with E-state index in [1.807, 2.05) is 6.92 Å². The Morgan fingerprint density at radius 2 is 2.12 bits per heavy atom. The summed E-state index contributed by atoms with van der Waals surface area (Å²) in [5.41, 5.74) is 1.71. The van der Waals surface area contributed by atoms with Crippen LogP contribution in [0.1, 0.15) is 18.2 Å². The Morgan fingerprint density at radius 1 is 1.27 bits per heavy atom. The van der Waals surface area contributed by atoms with Crippen molar-refractivity contribution in [2.75, 3.05) is 18.9 Å². The molecular formula is C21H21N5O6S. The number of hydrogen-bond acceptors (Lipinski definition) is 9. The van der Waals surface area contributed by atoms with Crippen molar-refractivity contribution in [3.8, 4) is 17.4 Å². The van der Waals surface area contributed by atoms with Gasteiger partial charge in [-0.25, -0.2) is 13.4 Å². The molecule has 1 N–H and O–H groups in total. The second kappa shape index (κ2) is 7.96. The predicted molar refractivity (Wildman–Crippen MR) is 117 cm³/mol. The number of fused-ring (bicyclic) bond motifs is 2. The summed E-state index contributed by atoms with van der Waals surface area (Å²) in [5, 5.41) is 8.38. The zero-order valence-corrected chi connectivity index (χ0v) is 18.9. The Labute approximate surface area is 189 Å². The smallest absolute Gasteiger partial charge is 0.270 e. The minimum atomic E-state index is -4.16. The Morgan fingerprint density at radius 3 is 2.85 bits per heavy atom. The van der Waals surface area contributed by atoms with Crippen LogP contribution in [-0.2, 0) is 23.0 Å². The summed E-state index contributed by atoms with van der Waals surface area (Å²) >= 11 is 0. The predicted octanol–water partition coefficient (Wildman–Crippen LogP) is 2.61. The maximum absolute atomic E-state index is 13.4. The van der Waals surface area contributed by atoms with E-state index in [1.54, 1.807) is 41.3 Å². The Bertz CT molecular complexity index is 1430. The maximum atomic E-state index is 13.4. The molecule has 1 aliphatic heterocycles. The number of pyridine rings is 1. The number of ether oxygens (including phenoxy) is 3. The van der Waals surface area contributed by atoms with Crippen molar-refractivity contribution >= 4 is 26.8 Å². The molecule has 1 aliphatic rings. The van der Waals surface area contributed by atoms with Crippen LogP contribution in [0.3, 0.4) is 0 Å². The number of anilines is 1. The highest BCUT2D eigenvalue weighted by atomic mass is 32.2. The monoisotopic (exact) mass is 471 g/mol. The summed E-state index contributed by atoms with van der Waals surface area (Å²) < 4.78 is 53.0. The summed E-state index contributed by atoms with van der Waals surface area (Å²) in [6.45, 7) is 2.25. The van der Waals surface area contributed by atoms with Gasteiger partial charge in [-0.15, -0.1) is 0 Å². The molecule has 1 atom stereocenters. The molecule has 0 amide bonds. The van der Waals surface area contributed by atoms with Gasteiger partial charge in [-0.05, 0) is 24.6 Å². The number of hydrogen-bond donors (Lipinski definition) is 1. The number of aromatic nitrogens is 4. The van der Waals surface area contributed by atoms with Crippen LogP contribution in [0.4, 0.5) is 5.82 Å². The van der Waals surface area contributed by atoms with Crippen LogP contribution >= 0.6 is 0 Å². The van der Waals surface area contributed by atoms with E-state index in [4.69, 9.17) is 18.7 Å². The number of nitrogens with zero attached hydrogens (tertiary/aromatic N) is 4. The molecule has 1 unspecified atom stereocenters. The molecule has 12 heteroatoms. The Balaban J connectivity index is 1.55. The molecule has 0 bridgehead atoms. The van der Waals surface area contributed by atoms with Crippen molar-refractivity contribution in [1.29, 1.82) is 0 Å². The molecule has 0 aliphatic carbocycles. The van der Waals surface area contributed by atoms with E-state index in [1.165, 1.54) is 14.2 Å². The Kier molecular flexibility index (Phi) is 5.08. The van der Waals surface area contributed by atoms with Gasteiger partial charge < -0.3 is 18.7 Å². The van der Waals surface area contributed by atoms with E-state index >= 15 is 0 Å². The van der Waals surface area contributed by atoms with Crippen molar-refractivity contribution in [3.05, 3.63) is 47.9 Å². The lowest BCUT2D eigenvalue weighted by atomic mass is 10.1. The van der Waals surface area contributed by atoms with Gasteiger partial charge in [-0.2, -0.15) is 5.10 Å². The normalized spacial score (nSPS) is 15.3. The number of nitrogens with one attached hydrogen (secondary N) is 1. The van der Waals surface area contributed by atoms with Gasteiger partial charge in [0.1, 0.15) is 23.0 Å². The topological polar surface area (TPSA) is 131 Å². The molecule has 0 saturated carbocycles. The summed E-state index contributed by atoms with van der Waals surface area (Å²) in [5.74, 6) is 0.554. The Hall–Kier alpha value is -3.80. The lowest BCUT2D eigenvalue weighted by molar-refractivity contribution is 0.247. The highest BCUT2D eigenvalue weighted by Gasteiger charge is 2.33. The summed E-state index contributed by atoms with van der Waals surface area (Å²) in [4.78, 5) is 4.37. The van der Waals surface area contributed by atoms with Gasteiger partial charge in [0.05, 0.1) is 26.5 Å². The molecule has 172 valence electrons. The minimum Gasteiger partial charge on any atom is -0.495 e. The fourth-order valence-corrected chi connectivity index (χ4v) is 5.19. The van der Waals surface area contributed by atoms with Crippen LogP contribution < -0.4 is 18.9 Å². The molecule has 0 fully saturated rings. The second-order valence-corrected chi connectivity index (χ2v) is 9.17. The van der Waals surface area contributed by atoms with Crippen molar-refractivity contribution in [1.82, 2.24) is 19.9 Å². The first-order valence-electron chi connectivity index (χ1n) is 10.1. The van der Waals surface area contributed by atoms with Crippen LogP contribution in [-0.4, -0.2) is 48.7 Å². The summed E-state index contributed by atoms with van der Waals surface area (Å²) in [6.07, 6.45) is 3.92. The lowest BCUT2D eigenvalue weighted by Gasteiger charge is -2.14. The van der Waals surface area contributed by atoms with Crippen LogP contribution in [0, 0.1) is 0 Å². The van der Waals surface area contributed by atoms with Crippen molar-refractivity contribution in [2.24, 2.45) is 0 Å². The quantitative estimate of drug-likeness (QED) is 0.432. The first-order chi connectivity index (χ1) is 15.9. The van der Waals surface area contributed by atoms with Crippen LogP contribution in [0.15, 0.2) is 46.1 Å². The molecule has 11 nitrogen and oxygen atoms in total. The van der Waals surface area contributed by atoms with E-state index in [9.17, 15) is 8.42 Å².